The van der Waals surface area contributed by atoms with Gasteiger partial charge in [0.1, 0.15) is 12.0 Å². The van der Waals surface area contributed by atoms with Crippen LogP contribution in [0.3, 0.4) is 0 Å². The van der Waals surface area contributed by atoms with Gasteiger partial charge in [-0.25, -0.2) is 4.79 Å². The van der Waals surface area contributed by atoms with Gasteiger partial charge >= 0.3 is 5.97 Å². The van der Waals surface area contributed by atoms with Gasteiger partial charge in [-0.15, -0.1) is 0 Å². The lowest BCUT2D eigenvalue weighted by atomic mass is 10.1. The van der Waals surface area contributed by atoms with Gasteiger partial charge in [-0.2, -0.15) is 0 Å². The van der Waals surface area contributed by atoms with Crippen LogP contribution < -0.4 is 5.32 Å². The summed E-state index contributed by atoms with van der Waals surface area (Å²) in [5, 5.41) is 12.2. The van der Waals surface area contributed by atoms with E-state index in [1.165, 1.54) is 6.26 Å². The number of hydrogen-bond acceptors (Lipinski definition) is 4. The molecule has 2 rings (SSSR count). The van der Waals surface area contributed by atoms with E-state index < -0.39 is 5.97 Å². The molecule has 5 heteroatoms. The monoisotopic (exact) mass is 238 g/mol. The van der Waals surface area contributed by atoms with Crippen LogP contribution in [0.25, 0.3) is 0 Å². The summed E-state index contributed by atoms with van der Waals surface area (Å²) in [6, 6.07) is 2.08. The average Bonchev–Trinajstić information content (AvgIpc) is 2.77. The van der Waals surface area contributed by atoms with Gasteiger partial charge in [0.05, 0.1) is 12.1 Å². The van der Waals surface area contributed by atoms with E-state index in [1.54, 1.807) is 6.07 Å². The van der Waals surface area contributed by atoms with E-state index in [9.17, 15) is 4.79 Å². The largest absolute Gasteiger partial charge is 0.478 e. The highest BCUT2D eigenvalue weighted by atomic mass is 16.4. The lowest BCUT2D eigenvalue weighted by Gasteiger charge is -2.29. The topological polar surface area (TPSA) is 65.7 Å². The molecule has 1 aliphatic heterocycles. The highest BCUT2D eigenvalue weighted by Gasteiger charge is 2.16. The van der Waals surface area contributed by atoms with Crippen LogP contribution >= 0.6 is 0 Å². The summed E-state index contributed by atoms with van der Waals surface area (Å²) >= 11 is 0. The highest BCUT2D eigenvalue weighted by Crippen LogP contribution is 2.11. The molecule has 2 N–H and O–H groups in total. The van der Waals surface area contributed by atoms with E-state index in [2.05, 4.69) is 17.3 Å². The Morgan fingerprint density at radius 1 is 1.59 bits per heavy atom. The zero-order chi connectivity index (χ0) is 12.3. The normalized spacial score (nSPS) is 18.4. The van der Waals surface area contributed by atoms with Crippen molar-refractivity contribution in [3.05, 3.63) is 23.7 Å². The fourth-order valence-corrected chi connectivity index (χ4v) is 2.04. The van der Waals surface area contributed by atoms with Crippen LogP contribution in [-0.4, -0.2) is 42.2 Å². The van der Waals surface area contributed by atoms with Crippen molar-refractivity contribution in [3.63, 3.8) is 0 Å². The third-order valence-corrected chi connectivity index (χ3v) is 3.18. The minimum absolute atomic E-state index is 0.213. The molecule has 1 fully saturated rings. The van der Waals surface area contributed by atoms with Gasteiger partial charge in [-0.3, -0.25) is 0 Å². The van der Waals surface area contributed by atoms with E-state index >= 15 is 0 Å². The highest BCUT2D eigenvalue weighted by molar-refractivity contribution is 5.87. The van der Waals surface area contributed by atoms with Crippen molar-refractivity contribution >= 4 is 5.97 Å². The van der Waals surface area contributed by atoms with Crippen LogP contribution in [0.2, 0.25) is 0 Å². The molecule has 0 aliphatic carbocycles. The molecule has 0 unspecified atom stereocenters. The molecule has 17 heavy (non-hydrogen) atoms. The number of carboxylic acid groups (broad SMARTS) is 1. The van der Waals surface area contributed by atoms with Gasteiger partial charge in [0, 0.05) is 6.04 Å². The molecule has 1 saturated heterocycles. The van der Waals surface area contributed by atoms with Gasteiger partial charge in [-0.05, 0) is 39.0 Å². The predicted molar refractivity (Wildman–Crippen MR) is 63.0 cm³/mol. The summed E-state index contributed by atoms with van der Waals surface area (Å²) in [4.78, 5) is 13.0. The van der Waals surface area contributed by atoms with E-state index in [4.69, 9.17) is 9.52 Å². The SMILES string of the molecule is CN1CCC(NCc2cc(C(=O)O)co2)CC1. The number of likely N-dealkylation sites (tertiary alicyclic amines) is 1. The second-order valence-electron chi connectivity index (χ2n) is 4.57. The van der Waals surface area contributed by atoms with Crippen LogP contribution in [-0.2, 0) is 6.54 Å². The maximum absolute atomic E-state index is 10.7. The summed E-state index contributed by atoms with van der Waals surface area (Å²) in [6.07, 6.45) is 3.54. The fourth-order valence-electron chi connectivity index (χ4n) is 2.04. The number of furan rings is 1. The predicted octanol–water partition coefficient (Wildman–Crippen LogP) is 1.16. The summed E-state index contributed by atoms with van der Waals surface area (Å²) in [7, 11) is 2.13. The Hall–Kier alpha value is -1.33. The Labute approximate surface area is 100 Å². The van der Waals surface area contributed by atoms with Gasteiger partial charge in [0.15, 0.2) is 0 Å². The molecule has 0 aromatic carbocycles. The van der Waals surface area contributed by atoms with E-state index in [1.807, 2.05) is 0 Å². The molecule has 0 bridgehead atoms. The molecule has 0 amide bonds. The minimum Gasteiger partial charge on any atom is -0.478 e. The molecule has 0 saturated carbocycles. The van der Waals surface area contributed by atoms with Crippen molar-refractivity contribution in [3.8, 4) is 0 Å². The van der Waals surface area contributed by atoms with Crippen molar-refractivity contribution in [2.24, 2.45) is 0 Å². The van der Waals surface area contributed by atoms with Gasteiger partial charge in [-0.1, -0.05) is 0 Å². The number of carbonyl (C=O) groups is 1. The summed E-state index contributed by atoms with van der Waals surface area (Å²) < 4.78 is 5.18. The first-order valence-corrected chi connectivity index (χ1v) is 5.88. The van der Waals surface area contributed by atoms with Crippen molar-refractivity contribution in [2.45, 2.75) is 25.4 Å². The standard InChI is InChI=1S/C12H18N2O3/c1-14-4-2-10(3-5-14)13-7-11-6-9(8-17-11)12(15)16/h6,8,10,13H,2-5,7H2,1H3,(H,15,16). The van der Waals surface area contributed by atoms with E-state index in [-0.39, 0.29) is 5.56 Å². The minimum atomic E-state index is -0.945. The Bertz CT molecular complexity index is 381. The number of nitrogens with one attached hydrogen (secondary N) is 1. The maximum atomic E-state index is 10.7. The molecular weight excluding hydrogens is 220 g/mol. The molecule has 1 aromatic heterocycles. The molecule has 0 radical (unpaired) electrons. The molecule has 0 spiro atoms. The average molecular weight is 238 g/mol. The van der Waals surface area contributed by atoms with Crippen LogP contribution in [0.1, 0.15) is 29.0 Å². The number of hydrogen-bond donors (Lipinski definition) is 2. The van der Waals surface area contributed by atoms with Crippen molar-refractivity contribution in [1.29, 1.82) is 0 Å². The summed E-state index contributed by atoms with van der Waals surface area (Å²) in [6.45, 7) is 2.81. The number of piperidine rings is 1. The van der Waals surface area contributed by atoms with Crippen LogP contribution in [0.5, 0.6) is 0 Å². The zero-order valence-electron chi connectivity index (χ0n) is 9.98. The van der Waals surface area contributed by atoms with Gasteiger partial charge in [0.25, 0.3) is 0 Å². The Balaban J connectivity index is 1.79. The molecular formula is C12H18N2O3. The summed E-state index contributed by atoms with van der Waals surface area (Å²) in [5.41, 5.74) is 0.213. The Morgan fingerprint density at radius 3 is 2.88 bits per heavy atom. The van der Waals surface area contributed by atoms with Crippen molar-refractivity contribution < 1.29 is 14.3 Å². The molecule has 1 aliphatic rings. The van der Waals surface area contributed by atoms with Crippen LogP contribution in [0.15, 0.2) is 16.7 Å². The number of nitrogens with zero attached hydrogens (tertiary/aromatic N) is 1. The maximum Gasteiger partial charge on any atom is 0.338 e. The molecule has 1 aromatic rings. The second kappa shape index (κ2) is 5.33. The zero-order valence-corrected chi connectivity index (χ0v) is 9.98. The first kappa shape index (κ1) is 12.1. The summed E-state index contributed by atoms with van der Waals surface area (Å²) in [5.74, 6) is -0.263. The second-order valence-corrected chi connectivity index (χ2v) is 4.57. The smallest absolute Gasteiger partial charge is 0.338 e. The van der Waals surface area contributed by atoms with Crippen molar-refractivity contribution in [1.82, 2.24) is 10.2 Å². The third kappa shape index (κ3) is 3.31. The number of carboxylic acids is 1. The number of aromatic carboxylic acids is 1. The van der Waals surface area contributed by atoms with Gasteiger partial charge in [0.2, 0.25) is 0 Å². The van der Waals surface area contributed by atoms with E-state index in [0.717, 1.165) is 25.9 Å². The Morgan fingerprint density at radius 2 is 2.29 bits per heavy atom. The molecule has 94 valence electrons. The van der Waals surface area contributed by atoms with E-state index in [0.29, 0.717) is 18.3 Å². The van der Waals surface area contributed by atoms with Crippen LogP contribution in [0.4, 0.5) is 0 Å². The Kier molecular flexibility index (Phi) is 3.81. The third-order valence-electron chi connectivity index (χ3n) is 3.18. The van der Waals surface area contributed by atoms with Gasteiger partial charge < -0.3 is 19.7 Å². The lowest BCUT2D eigenvalue weighted by molar-refractivity contribution is 0.0696. The molecule has 2 heterocycles. The number of rotatable bonds is 4. The first-order chi connectivity index (χ1) is 8.15. The fraction of sp³-hybridized carbons (Fsp3) is 0.583. The quantitative estimate of drug-likeness (QED) is 0.824. The van der Waals surface area contributed by atoms with Crippen LogP contribution in [0, 0.1) is 0 Å². The lowest BCUT2D eigenvalue weighted by Crippen LogP contribution is -2.40. The first-order valence-electron chi connectivity index (χ1n) is 5.88. The molecule has 0 atom stereocenters. The van der Waals surface area contributed by atoms with Crippen molar-refractivity contribution in [2.75, 3.05) is 20.1 Å². The molecule has 5 nitrogen and oxygen atoms in total.